The van der Waals surface area contributed by atoms with Crippen LogP contribution in [-0.2, 0) is 4.79 Å². The van der Waals surface area contributed by atoms with Gasteiger partial charge < -0.3 is 10.4 Å². The van der Waals surface area contributed by atoms with Crippen LogP contribution in [0.15, 0.2) is 48.5 Å². The summed E-state index contributed by atoms with van der Waals surface area (Å²) in [5, 5.41) is 22.5. The number of hydrogen-bond donors (Lipinski definition) is 2. The van der Waals surface area contributed by atoms with Gasteiger partial charge in [0.15, 0.2) is 0 Å². The number of carbonyl (C=O) groups excluding carboxylic acids is 2. The highest BCUT2D eigenvalue weighted by molar-refractivity contribution is 6.24. The van der Waals surface area contributed by atoms with Crippen LogP contribution >= 0.6 is 0 Å². The molecule has 2 N–H and O–H groups in total. The second-order valence-electron chi connectivity index (χ2n) is 5.95. The molecule has 0 heterocycles. The fourth-order valence-corrected chi connectivity index (χ4v) is 2.76. The molecule has 0 saturated heterocycles. The number of nitro benzene ring substituents is 1. The highest BCUT2D eigenvalue weighted by Gasteiger charge is 2.34. The Kier molecular flexibility index (Phi) is 6.43. The lowest BCUT2D eigenvalue weighted by Crippen LogP contribution is -2.50. The van der Waals surface area contributed by atoms with E-state index in [4.69, 9.17) is 5.11 Å². The predicted octanol–water partition coefficient (Wildman–Crippen LogP) is 3.12. The van der Waals surface area contributed by atoms with Crippen LogP contribution < -0.4 is 10.2 Å². The zero-order chi connectivity index (χ0) is 20.8. The third-order valence-corrected chi connectivity index (χ3v) is 4.10. The maximum absolute atomic E-state index is 13.3. The van der Waals surface area contributed by atoms with Gasteiger partial charge in [0.1, 0.15) is 11.6 Å². The van der Waals surface area contributed by atoms with Crippen LogP contribution in [0.1, 0.15) is 29.3 Å². The lowest BCUT2D eigenvalue weighted by molar-refractivity contribution is -0.385. The summed E-state index contributed by atoms with van der Waals surface area (Å²) >= 11 is 0. The molecule has 2 rings (SSSR count). The second-order valence-corrected chi connectivity index (χ2v) is 5.95. The Morgan fingerprint density at radius 3 is 2.32 bits per heavy atom. The third-order valence-electron chi connectivity index (χ3n) is 4.10. The van der Waals surface area contributed by atoms with Crippen LogP contribution in [0.2, 0.25) is 0 Å². The van der Waals surface area contributed by atoms with Gasteiger partial charge in [0.2, 0.25) is 0 Å². The largest absolute Gasteiger partial charge is 0.465 e. The van der Waals surface area contributed by atoms with E-state index in [0.717, 1.165) is 4.90 Å². The van der Waals surface area contributed by atoms with Gasteiger partial charge in [-0.05, 0) is 31.0 Å². The number of nitrogens with one attached hydrogen (secondary N) is 1. The zero-order valence-corrected chi connectivity index (χ0v) is 15.3. The van der Waals surface area contributed by atoms with E-state index >= 15 is 0 Å². The highest BCUT2D eigenvalue weighted by Crippen LogP contribution is 2.27. The van der Waals surface area contributed by atoms with E-state index in [0.29, 0.717) is 5.56 Å². The lowest BCUT2D eigenvalue weighted by atomic mass is 10.0. The van der Waals surface area contributed by atoms with Crippen molar-refractivity contribution in [2.75, 3.05) is 4.90 Å². The van der Waals surface area contributed by atoms with Crippen molar-refractivity contribution in [2.45, 2.75) is 26.3 Å². The van der Waals surface area contributed by atoms with Crippen molar-refractivity contribution in [1.82, 2.24) is 5.32 Å². The third kappa shape index (κ3) is 4.32. The van der Waals surface area contributed by atoms with Crippen molar-refractivity contribution >= 4 is 29.3 Å². The summed E-state index contributed by atoms with van der Waals surface area (Å²) in [4.78, 5) is 48.8. The van der Waals surface area contributed by atoms with Crippen LogP contribution in [0.3, 0.4) is 0 Å². The summed E-state index contributed by atoms with van der Waals surface area (Å²) < 4.78 is 0. The van der Waals surface area contributed by atoms with Crippen LogP contribution in [0, 0.1) is 17.0 Å². The molecular weight excluding hydrogens is 366 g/mol. The summed E-state index contributed by atoms with van der Waals surface area (Å²) in [6, 6.07) is 10.8. The second kappa shape index (κ2) is 8.76. The molecule has 0 aromatic heterocycles. The number of nitro groups is 1. The van der Waals surface area contributed by atoms with Crippen molar-refractivity contribution < 1.29 is 24.4 Å². The van der Waals surface area contributed by atoms with Gasteiger partial charge in [0.25, 0.3) is 17.5 Å². The summed E-state index contributed by atoms with van der Waals surface area (Å²) in [5.74, 6) is -1.72. The SMILES string of the molecule is CCC(NC(=O)O)C(=O)N(C(=O)c1c(C)cccc1[N+](=O)[O-])c1ccccc1. The van der Waals surface area contributed by atoms with Crippen LogP contribution in [0.5, 0.6) is 0 Å². The van der Waals surface area contributed by atoms with Gasteiger partial charge >= 0.3 is 6.09 Å². The summed E-state index contributed by atoms with van der Waals surface area (Å²) in [7, 11) is 0. The van der Waals surface area contributed by atoms with Crippen molar-refractivity contribution in [2.24, 2.45) is 0 Å². The first-order valence-corrected chi connectivity index (χ1v) is 8.44. The van der Waals surface area contributed by atoms with Gasteiger partial charge in [0.05, 0.1) is 10.6 Å². The monoisotopic (exact) mass is 385 g/mol. The highest BCUT2D eigenvalue weighted by atomic mass is 16.6. The Labute approximate surface area is 160 Å². The normalized spacial score (nSPS) is 11.4. The molecule has 2 aromatic carbocycles. The molecule has 0 saturated carbocycles. The Hall–Kier alpha value is -3.75. The molecule has 0 bridgehead atoms. The number of amides is 3. The van der Waals surface area contributed by atoms with E-state index in [1.165, 1.54) is 37.3 Å². The molecule has 0 aliphatic rings. The number of aryl methyl sites for hydroxylation is 1. The number of carboxylic acid groups (broad SMARTS) is 1. The molecule has 1 unspecified atom stereocenters. The number of nitrogens with zero attached hydrogens (tertiary/aromatic N) is 2. The summed E-state index contributed by atoms with van der Waals surface area (Å²) in [6.07, 6.45) is -1.32. The first-order chi connectivity index (χ1) is 13.3. The van der Waals surface area contributed by atoms with E-state index in [2.05, 4.69) is 5.32 Å². The minimum absolute atomic E-state index is 0.0949. The number of carbonyl (C=O) groups is 3. The fourth-order valence-electron chi connectivity index (χ4n) is 2.76. The van der Waals surface area contributed by atoms with E-state index in [9.17, 15) is 24.5 Å². The Bertz CT molecular complexity index is 913. The van der Waals surface area contributed by atoms with Gasteiger partial charge in [-0.25, -0.2) is 9.69 Å². The molecule has 28 heavy (non-hydrogen) atoms. The van der Waals surface area contributed by atoms with Crippen LogP contribution in [0.4, 0.5) is 16.2 Å². The predicted molar refractivity (Wildman–Crippen MR) is 101 cm³/mol. The van der Waals surface area contributed by atoms with Gasteiger partial charge in [-0.1, -0.05) is 37.3 Å². The molecule has 3 amide bonds. The Balaban J connectivity index is 2.61. The lowest BCUT2D eigenvalue weighted by Gasteiger charge is -2.26. The number of imide groups is 1. The van der Waals surface area contributed by atoms with Crippen molar-refractivity contribution in [3.63, 3.8) is 0 Å². The zero-order valence-electron chi connectivity index (χ0n) is 15.3. The molecule has 146 valence electrons. The van der Waals surface area contributed by atoms with Gasteiger partial charge in [-0.15, -0.1) is 0 Å². The standard InChI is InChI=1S/C19H19N3O6/c1-3-14(20-19(25)26)17(23)21(13-9-5-4-6-10-13)18(24)16-12(2)8-7-11-15(16)22(27)28/h4-11,14,20H,3H2,1-2H3,(H,25,26). The summed E-state index contributed by atoms with van der Waals surface area (Å²) in [6.45, 7) is 3.11. The number of rotatable bonds is 6. The number of hydrogen-bond acceptors (Lipinski definition) is 5. The van der Waals surface area contributed by atoms with E-state index in [-0.39, 0.29) is 17.7 Å². The molecule has 0 fully saturated rings. The Morgan fingerprint density at radius 1 is 1.14 bits per heavy atom. The van der Waals surface area contributed by atoms with Gasteiger partial charge in [-0.2, -0.15) is 0 Å². The molecular formula is C19H19N3O6. The molecule has 0 spiro atoms. The van der Waals surface area contributed by atoms with Crippen molar-refractivity contribution in [3.05, 3.63) is 69.8 Å². The number of para-hydroxylation sites is 1. The fraction of sp³-hybridized carbons (Fsp3) is 0.211. The Morgan fingerprint density at radius 2 is 1.79 bits per heavy atom. The average Bonchev–Trinajstić information content (AvgIpc) is 2.66. The first kappa shape index (κ1) is 20.6. The molecule has 0 aliphatic heterocycles. The summed E-state index contributed by atoms with van der Waals surface area (Å²) in [5.41, 5.74) is -0.152. The van der Waals surface area contributed by atoms with Crippen molar-refractivity contribution in [1.29, 1.82) is 0 Å². The van der Waals surface area contributed by atoms with E-state index in [1.807, 2.05) is 0 Å². The van der Waals surface area contributed by atoms with E-state index < -0.39 is 34.6 Å². The molecule has 0 aliphatic carbocycles. The molecule has 0 radical (unpaired) electrons. The minimum Gasteiger partial charge on any atom is -0.465 e. The quantitative estimate of drug-likeness (QED) is 0.580. The maximum Gasteiger partial charge on any atom is 0.405 e. The van der Waals surface area contributed by atoms with Gasteiger partial charge in [-0.3, -0.25) is 19.7 Å². The molecule has 2 aromatic rings. The van der Waals surface area contributed by atoms with Crippen LogP contribution in [-0.4, -0.2) is 34.0 Å². The van der Waals surface area contributed by atoms with Crippen molar-refractivity contribution in [3.8, 4) is 0 Å². The smallest absolute Gasteiger partial charge is 0.405 e. The molecule has 9 nitrogen and oxygen atoms in total. The maximum atomic E-state index is 13.3. The van der Waals surface area contributed by atoms with Crippen LogP contribution in [0.25, 0.3) is 0 Å². The van der Waals surface area contributed by atoms with E-state index in [1.54, 1.807) is 25.1 Å². The topological polar surface area (TPSA) is 130 Å². The van der Waals surface area contributed by atoms with Gasteiger partial charge in [0, 0.05) is 6.07 Å². The number of anilines is 1. The minimum atomic E-state index is -1.41. The molecule has 9 heteroatoms. The molecule has 1 atom stereocenters. The average molecular weight is 385 g/mol. The number of benzene rings is 2. The first-order valence-electron chi connectivity index (χ1n) is 8.44.